The Morgan fingerprint density at radius 3 is 2.08 bits per heavy atom. The number of benzene rings is 2. The maximum Gasteiger partial charge on any atom is 0.326 e. The zero-order valence-electron chi connectivity index (χ0n) is 14.5. The summed E-state index contributed by atoms with van der Waals surface area (Å²) >= 11 is 5.83. The third-order valence-corrected chi connectivity index (χ3v) is 4.22. The Morgan fingerprint density at radius 1 is 1.04 bits per heavy atom. The van der Waals surface area contributed by atoms with Crippen LogP contribution in [0.4, 0.5) is 0 Å². The van der Waals surface area contributed by atoms with Crippen molar-refractivity contribution in [2.75, 3.05) is 0 Å². The average molecular weight is 360 g/mol. The van der Waals surface area contributed by atoms with E-state index >= 15 is 0 Å². The van der Waals surface area contributed by atoms with E-state index in [1.165, 1.54) is 0 Å². The Kier molecular flexibility index (Phi) is 5.85. The number of hydrogen-bond acceptors (Lipinski definition) is 2. The van der Waals surface area contributed by atoms with Crippen molar-refractivity contribution in [3.05, 3.63) is 70.2 Å². The van der Waals surface area contributed by atoms with Gasteiger partial charge >= 0.3 is 5.97 Å². The molecule has 1 atom stereocenters. The van der Waals surface area contributed by atoms with E-state index in [1.54, 1.807) is 36.4 Å². The van der Waals surface area contributed by atoms with Crippen molar-refractivity contribution in [2.45, 2.75) is 38.6 Å². The monoisotopic (exact) mass is 359 g/mol. The van der Waals surface area contributed by atoms with Crippen LogP contribution in [0.2, 0.25) is 5.02 Å². The SMILES string of the molecule is CC(C)(C)c1ccc(C(=O)N[C@H](Cc2ccc(Cl)cc2)C(=O)O)cc1. The first-order valence-electron chi connectivity index (χ1n) is 8.05. The zero-order valence-corrected chi connectivity index (χ0v) is 15.3. The first-order valence-corrected chi connectivity index (χ1v) is 8.43. The molecule has 0 unspecified atom stereocenters. The molecule has 132 valence electrons. The van der Waals surface area contributed by atoms with Gasteiger partial charge in [0.2, 0.25) is 0 Å². The first kappa shape index (κ1) is 19.0. The van der Waals surface area contributed by atoms with Crippen molar-refractivity contribution >= 4 is 23.5 Å². The molecule has 0 aromatic heterocycles. The lowest BCUT2D eigenvalue weighted by atomic mass is 9.86. The highest BCUT2D eigenvalue weighted by atomic mass is 35.5. The summed E-state index contributed by atoms with van der Waals surface area (Å²) in [5.74, 6) is -1.48. The summed E-state index contributed by atoms with van der Waals surface area (Å²) in [6, 6.07) is 13.1. The molecule has 2 aromatic rings. The summed E-state index contributed by atoms with van der Waals surface area (Å²) in [5, 5.41) is 12.6. The molecule has 2 aromatic carbocycles. The Labute approximate surface area is 152 Å². The van der Waals surface area contributed by atoms with Crippen LogP contribution in [0.3, 0.4) is 0 Å². The minimum absolute atomic E-state index is 0.00676. The predicted molar refractivity (Wildman–Crippen MR) is 99.2 cm³/mol. The highest BCUT2D eigenvalue weighted by molar-refractivity contribution is 6.30. The number of carboxylic acid groups (broad SMARTS) is 1. The highest BCUT2D eigenvalue weighted by Gasteiger charge is 2.21. The second-order valence-corrected chi connectivity index (χ2v) is 7.46. The zero-order chi connectivity index (χ0) is 18.6. The van der Waals surface area contributed by atoms with Gasteiger partial charge in [0.25, 0.3) is 5.91 Å². The molecule has 0 aliphatic heterocycles. The van der Waals surface area contributed by atoms with Crippen LogP contribution in [0.1, 0.15) is 42.3 Å². The van der Waals surface area contributed by atoms with Gasteiger partial charge in [-0.3, -0.25) is 4.79 Å². The van der Waals surface area contributed by atoms with Crippen molar-refractivity contribution in [1.82, 2.24) is 5.32 Å². The smallest absolute Gasteiger partial charge is 0.326 e. The van der Waals surface area contributed by atoms with Crippen LogP contribution in [0, 0.1) is 0 Å². The number of hydrogen-bond donors (Lipinski definition) is 2. The van der Waals surface area contributed by atoms with Gasteiger partial charge in [-0.15, -0.1) is 0 Å². The number of aliphatic carboxylic acids is 1. The summed E-state index contributed by atoms with van der Waals surface area (Å²) < 4.78 is 0. The summed E-state index contributed by atoms with van der Waals surface area (Å²) in [7, 11) is 0. The summed E-state index contributed by atoms with van der Waals surface area (Å²) in [4.78, 5) is 23.9. The quantitative estimate of drug-likeness (QED) is 0.845. The van der Waals surface area contributed by atoms with Crippen LogP contribution in [-0.2, 0) is 16.6 Å². The molecule has 0 aliphatic rings. The van der Waals surface area contributed by atoms with E-state index in [0.717, 1.165) is 11.1 Å². The van der Waals surface area contributed by atoms with Crippen molar-refractivity contribution in [3.63, 3.8) is 0 Å². The fourth-order valence-electron chi connectivity index (χ4n) is 2.42. The molecule has 1 amide bonds. The Morgan fingerprint density at radius 2 is 1.60 bits per heavy atom. The lowest BCUT2D eigenvalue weighted by Crippen LogP contribution is -2.42. The number of amides is 1. The molecule has 25 heavy (non-hydrogen) atoms. The fraction of sp³-hybridized carbons (Fsp3) is 0.300. The molecule has 2 rings (SSSR count). The molecule has 0 saturated heterocycles. The number of nitrogens with one attached hydrogen (secondary N) is 1. The normalized spacial score (nSPS) is 12.5. The second kappa shape index (κ2) is 7.70. The van der Waals surface area contributed by atoms with Crippen LogP contribution >= 0.6 is 11.6 Å². The molecule has 0 saturated carbocycles. The molecular formula is C20H22ClNO3. The third-order valence-electron chi connectivity index (χ3n) is 3.97. The topological polar surface area (TPSA) is 66.4 Å². The van der Waals surface area contributed by atoms with E-state index in [-0.39, 0.29) is 11.8 Å². The molecule has 0 radical (unpaired) electrons. The van der Waals surface area contributed by atoms with Crippen LogP contribution in [0.25, 0.3) is 0 Å². The third kappa shape index (κ3) is 5.33. The van der Waals surface area contributed by atoms with Gasteiger partial charge in [0.15, 0.2) is 0 Å². The maximum atomic E-state index is 12.4. The number of carbonyl (C=O) groups is 2. The van der Waals surface area contributed by atoms with Gasteiger partial charge in [-0.1, -0.05) is 56.6 Å². The number of carboxylic acids is 1. The van der Waals surface area contributed by atoms with Crippen molar-refractivity contribution < 1.29 is 14.7 Å². The van der Waals surface area contributed by atoms with Crippen molar-refractivity contribution in [2.24, 2.45) is 0 Å². The largest absolute Gasteiger partial charge is 0.480 e. The Hall–Kier alpha value is -2.33. The van der Waals surface area contributed by atoms with Gasteiger partial charge in [-0.25, -0.2) is 4.79 Å². The fourth-order valence-corrected chi connectivity index (χ4v) is 2.55. The molecule has 2 N–H and O–H groups in total. The van der Waals surface area contributed by atoms with E-state index in [4.69, 9.17) is 11.6 Å². The van der Waals surface area contributed by atoms with Gasteiger partial charge in [0.1, 0.15) is 6.04 Å². The molecular weight excluding hydrogens is 338 g/mol. The minimum Gasteiger partial charge on any atom is -0.480 e. The van der Waals surface area contributed by atoms with Crippen LogP contribution in [0.15, 0.2) is 48.5 Å². The van der Waals surface area contributed by atoms with Gasteiger partial charge < -0.3 is 10.4 Å². The van der Waals surface area contributed by atoms with Gasteiger partial charge in [0.05, 0.1) is 0 Å². The van der Waals surface area contributed by atoms with E-state index in [9.17, 15) is 14.7 Å². The predicted octanol–water partition coefficient (Wildman–Crippen LogP) is 4.06. The van der Waals surface area contributed by atoms with Gasteiger partial charge in [-0.05, 0) is 40.8 Å². The van der Waals surface area contributed by atoms with Crippen molar-refractivity contribution in [1.29, 1.82) is 0 Å². The summed E-state index contributed by atoms with van der Waals surface area (Å²) in [5.41, 5.74) is 2.34. The van der Waals surface area contributed by atoms with E-state index in [2.05, 4.69) is 26.1 Å². The lowest BCUT2D eigenvalue weighted by Gasteiger charge is -2.19. The molecule has 4 nitrogen and oxygen atoms in total. The number of halogens is 1. The Balaban J connectivity index is 2.09. The van der Waals surface area contributed by atoms with Crippen LogP contribution < -0.4 is 5.32 Å². The molecule has 0 spiro atoms. The standard InChI is InChI=1S/C20H22ClNO3/c1-20(2,3)15-8-6-14(7-9-15)18(23)22-17(19(24)25)12-13-4-10-16(21)11-5-13/h4-11,17H,12H2,1-3H3,(H,22,23)(H,24,25)/t17-/m1/s1. The molecule has 5 heteroatoms. The lowest BCUT2D eigenvalue weighted by molar-refractivity contribution is -0.139. The first-order chi connectivity index (χ1) is 11.7. The molecule has 0 fully saturated rings. The van der Waals surface area contributed by atoms with E-state index in [0.29, 0.717) is 10.6 Å². The molecule has 0 aliphatic carbocycles. The second-order valence-electron chi connectivity index (χ2n) is 7.02. The van der Waals surface area contributed by atoms with E-state index in [1.807, 2.05) is 12.1 Å². The van der Waals surface area contributed by atoms with Gasteiger partial charge in [0, 0.05) is 17.0 Å². The van der Waals surface area contributed by atoms with Crippen molar-refractivity contribution in [3.8, 4) is 0 Å². The molecule has 0 bridgehead atoms. The highest BCUT2D eigenvalue weighted by Crippen LogP contribution is 2.22. The van der Waals surface area contributed by atoms with Crippen LogP contribution in [-0.4, -0.2) is 23.0 Å². The average Bonchev–Trinajstić information content (AvgIpc) is 2.55. The molecule has 0 heterocycles. The maximum absolute atomic E-state index is 12.4. The minimum atomic E-state index is -1.07. The van der Waals surface area contributed by atoms with Crippen LogP contribution in [0.5, 0.6) is 0 Å². The summed E-state index contributed by atoms with van der Waals surface area (Å²) in [6.07, 6.45) is 0.193. The number of carbonyl (C=O) groups excluding carboxylic acids is 1. The Bertz CT molecular complexity index is 746. The number of rotatable bonds is 5. The van der Waals surface area contributed by atoms with E-state index < -0.39 is 17.9 Å². The summed E-state index contributed by atoms with van der Waals surface area (Å²) in [6.45, 7) is 6.28. The van der Waals surface area contributed by atoms with Gasteiger partial charge in [-0.2, -0.15) is 0 Å².